The Morgan fingerprint density at radius 2 is 1.89 bits per heavy atom. The molecule has 0 saturated carbocycles. The molecule has 1 aromatic heterocycles. The van der Waals surface area contributed by atoms with E-state index in [1.807, 2.05) is 32.0 Å². The van der Waals surface area contributed by atoms with E-state index in [1.165, 1.54) is 0 Å². The van der Waals surface area contributed by atoms with Crippen LogP contribution < -0.4 is 5.56 Å². The van der Waals surface area contributed by atoms with E-state index in [0.29, 0.717) is 16.1 Å². The van der Waals surface area contributed by atoms with Gasteiger partial charge in [0.2, 0.25) is 0 Å². The van der Waals surface area contributed by atoms with E-state index >= 15 is 0 Å². The van der Waals surface area contributed by atoms with E-state index in [0.717, 1.165) is 0 Å². The summed E-state index contributed by atoms with van der Waals surface area (Å²) in [5.41, 5.74) is 1.13. The average molecular weight is 273 g/mol. The van der Waals surface area contributed by atoms with Crippen molar-refractivity contribution in [2.24, 2.45) is 0 Å². The molecule has 2 rings (SSSR count). The number of hydrogen-bond acceptors (Lipinski definition) is 2. The van der Waals surface area contributed by atoms with E-state index < -0.39 is 0 Å². The number of aromatic nitrogens is 1. The minimum atomic E-state index is -0.282. The van der Waals surface area contributed by atoms with Gasteiger partial charge in [0.05, 0.1) is 0 Å². The van der Waals surface area contributed by atoms with Crippen LogP contribution in [0.2, 0.25) is 5.02 Å². The zero-order valence-corrected chi connectivity index (χ0v) is 11.5. The van der Waals surface area contributed by atoms with Gasteiger partial charge in [0.15, 0.2) is 0 Å². The van der Waals surface area contributed by atoms with Gasteiger partial charge in [-0.15, -0.1) is 0 Å². The fraction of sp³-hybridized carbons (Fsp3) is 0.200. The van der Waals surface area contributed by atoms with Crippen molar-refractivity contribution in [2.75, 3.05) is 0 Å². The molecule has 0 spiro atoms. The predicted molar refractivity (Wildman–Crippen MR) is 76.2 cm³/mol. The Hall–Kier alpha value is -2.05. The maximum Gasteiger partial charge on any atom is 0.269 e. The predicted octanol–water partition coefficient (Wildman–Crippen LogP) is 3.62. The second kappa shape index (κ2) is 5.29. The summed E-state index contributed by atoms with van der Waals surface area (Å²) >= 11 is 6.12. The summed E-state index contributed by atoms with van der Waals surface area (Å²) in [6, 6.07) is 11.0. The van der Waals surface area contributed by atoms with Crippen LogP contribution in [0.25, 0.3) is 11.1 Å². The monoisotopic (exact) mass is 272 g/mol. The average Bonchev–Trinajstić information content (AvgIpc) is 2.38. The standard InChI is InChI=1S/C15H13ClN2O/c1-10(2)18-8-7-11(13(9-17)15(18)19)12-5-3-4-6-14(12)16/h3-8,10H,1-2H3. The van der Waals surface area contributed by atoms with Crippen molar-refractivity contribution in [2.45, 2.75) is 19.9 Å². The van der Waals surface area contributed by atoms with Gasteiger partial charge in [0.1, 0.15) is 11.6 Å². The van der Waals surface area contributed by atoms with Gasteiger partial charge in [-0.25, -0.2) is 0 Å². The van der Waals surface area contributed by atoms with Gasteiger partial charge in [-0.2, -0.15) is 5.26 Å². The van der Waals surface area contributed by atoms with Crippen LogP contribution in [0.3, 0.4) is 0 Å². The van der Waals surface area contributed by atoms with Gasteiger partial charge in [0, 0.05) is 28.4 Å². The molecule has 4 heteroatoms. The summed E-state index contributed by atoms with van der Waals surface area (Å²) in [6.45, 7) is 3.80. The van der Waals surface area contributed by atoms with Crippen LogP contribution in [-0.4, -0.2) is 4.57 Å². The Kier molecular flexibility index (Phi) is 3.73. The van der Waals surface area contributed by atoms with Crippen molar-refractivity contribution >= 4 is 11.6 Å². The molecule has 0 unspecified atom stereocenters. The quantitative estimate of drug-likeness (QED) is 0.838. The van der Waals surface area contributed by atoms with Crippen LogP contribution in [0, 0.1) is 11.3 Å². The Balaban J connectivity index is 2.75. The van der Waals surface area contributed by atoms with E-state index in [4.69, 9.17) is 11.6 Å². The van der Waals surface area contributed by atoms with Gasteiger partial charge in [-0.3, -0.25) is 4.79 Å². The summed E-state index contributed by atoms with van der Waals surface area (Å²) in [5.74, 6) is 0. The maximum absolute atomic E-state index is 12.2. The van der Waals surface area contributed by atoms with Crippen molar-refractivity contribution in [3.05, 3.63) is 57.5 Å². The topological polar surface area (TPSA) is 45.8 Å². The second-order valence-corrected chi connectivity index (χ2v) is 4.91. The summed E-state index contributed by atoms with van der Waals surface area (Å²) in [6.07, 6.45) is 1.70. The van der Waals surface area contributed by atoms with E-state index in [1.54, 1.807) is 29.0 Å². The van der Waals surface area contributed by atoms with Crippen LogP contribution in [-0.2, 0) is 0 Å². The van der Waals surface area contributed by atoms with Crippen LogP contribution in [0.15, 0.2) is 41.3 Å². The number of halogens is 1. The van der Waals surface area contributed by atoms with E-state index in [-0.39, 0.29) is 17.2 Å². The molecule has 0 saturated heterocycles. The number of pyridine rings is 1. The third kappa shape index (κ3) is 2.40. The molecule has 0 atom stereocenters. The van der Waals surface area contributed by atoms with E-state index in [9.17, 15) is 10.1 Å². The first-order chi connectivity index (χ1) is 9.06. The zero-order chi connectivity index (χ0) is 14.0. The Morgan fingerprint density at radius 1 is 1.21 bits per heavy atom. The van der Waals surface area contributed by atoms with Crippen molar-refractivity contribution in [3.63, 3.8) is 0 Å². The summed E-state index contributed by atoms with van der Waals surface area (Å²) in [7, 11) is 0. The van der Waals surface area contributed by atoms with Crippen LogP contribution in [0.4, 0.5) is 0 Å². The minimum Gasteiger partial charge on any atom is -0.312 e. The number of rotatable bonds is 2. The summed E-state index contributed by atoms with van der Waals surface area (Å²) < 4.78 is 1.54. The minimum absolute atomic E-state index is 0.0138. The van der Waals surface area contributed by atoms with Crippen LogP contribution in [0.1, 0.15) is 25.5 Å². The molecular formula is C15H13ClN2O. The van der Waals surface area contributed by atoms with Crippen LogP contribution in [0.5, 0.6) is 0 Å². The van der Waals surface area contributed by atoms with Gasteiger partial charge < -0.3 is 4.57 Å². The molecule has 0 N–H and O–H groups in total. The fourth-order valence-electron chi connectivity index (χ4n) is 1.97. The molecular weight excluding hydrogens is 260 g/mol. The van der Waals surface area contributed by atoms with Crippen molar-refractivity contribution in [1.82, 2.24) is 4.57 Å². The third-order valence-electron chi connectivity index (χ3n) is 2.95. The second-order valence-electron chi connectivity index (χ2n) is 4.50. The maximum atomic E-state index is 12.2. The Labute approximate surface area is 116 Å². The molecule has 3 nitrogen and oxygen atoms in total. The molecule has 1 aromatic carbocycles. The van der Waals surface area contributed by atoms with Crippen molar-refractivity contribution in [3.8, 4) is 17.2 Å². The van der Waals surface area contributed by atoms with Gasteiger partial charge in [-0.05, 0) is 26.0 Å². The number of nitrogens with zero attached hydrogens (tertiary/aromatic N) is 2. The number of nitriles is 1. The summed E-state index contributed by atoms with van der Waals surface area (Å²) in [4.78, 5) is 12.2. The number of hydrogen-bond donors (Lipinski definition) is 0. The lowest BCUT2D eigenvalue weighted by Gasteiger charge is -2.12. The molecule has 0 fully saturated rings. The highest BCUT2D eigenvalue weighted by molar-refractivity contribution is 6.33. The van der Waals surface area contributed by atoms with Crippen LogP contribution >= 0.6 is 11.6 Å². The number of benzene rings is 1. The van der Waals surface area contributed by atoms with Crippen molar-refractivity contribution in [1.29, 1.82) is 5.26 Å². The van der Waals surface area contributed by atoms with E-state index in [2.05, 4.69) is 0 Å². The molecule has 19 heavy (non-hydrogen) atoms. The lowest BCUT2D eigenvalue weighted by atomic mass is 10.0. The zero-order valence-electron chi connectivity index (χ0n) is 10.7. The molecule has 1 heterocycles. The smallest absolute Gasteiger partial charge is 0.269 e. The highest BCUT2D eigenvalue weighted by Crippen LogP contribution is 2.28. The third-order valence-corrected chi connectivity index (χ3v) is 3.28. The van der Waals surface area contributed by atoms with Gasteiger partial charge in [-0.1, -0.05) is 29.8 Å². The highest BCUT2D eigenvalue weighted by atomic mass is 35.5. The molecule has 0 aliphatic rings. The molecule has 0 aliphatic carbocycles. The molecule has 0 aliphatic heterocycles. The summed E-state index contributed by atoms with van der Waals surface area (Å²) in [5, 5.41) is 9.78. The lowest BCUT2D eigenvalue weighted by Crippen LogP contribution is -2.24. The van der Waals surface area contributed by atoms with Gasteiger partial charge >= 0.3 is 0 Å². The first-order valence-electron chi connectivity index (χ1n) is 5.96. The first kappa shape index (κ1) is 13.4. The molecule has 0 radical (unpaired) electrons. The normalized spacial score (nSPS) is 10.5. The van der Waals surface area contributed by atoms with Gasteiger partial charge in [0.25, 0.3) is 5.56 Å². The van der Waals surface area contributed by atoms with Crippen molar-refractivity contribution < 1.29 is 0 Å². The fourth-order valence-corrected chi connectivity index (χ4v) is 2.21. The molecule has 96 valence electrons. The first-order valence-corrected chi connectivity index (χ1v) is 6.34. The Morgan fingerprint density at radius 3 is 2.47 bits per heavy atom. The Bertz CT molecular complexity index is 711. The molecule has 0 bridgehead atoms. The molecule has 2 aromatic rings. The SMILES string of the molecule is CC(C)n1ccc(-c2ccccc2Cl)c(C#N)c1=O. The highest BCUT2D eigenvalue weighted by Gasteiger charge is 2.14. The molecule has 0 amide bonds. The largest absolute Gasteiger partial charge is 0.312 e. The lowest BCUT2D eigenvalue weighted by molar-refractivity contribution is 0.577.